The highest BCUT2D eigenvalue weighted by molar-refractivity contribution is 5.94. The Morgan fingerprint density at radius 1 is 1.07 bits per heavy atom. The quantitative estimate of drug-likeness (QED) is 0.314. The number of nitrogens with one attached hydrogen (secondary N) is 2. The van der Waals surface area contributed by atoms with Gasteiger partial charge < -0.3 is 25.4 Å². The monoisotopic (exact) mass is 544 g/mol. The Hall–Kier alpha value is -4.71. The summed E-state index contributed by atoms with van der Waals surface area (Å²) in [5.74, 6) is 1.05. The van der Waals surface area contributed by atoms with Crippen LogP contribution in [0.1, 0.15) is 36.7 Å². The molecule has 0 spiro atoms. The van der Waals surface area contributed by atoms with Gasteiger partial charge in [0.05, 0.1) is 19.4 Å². The molecule has 1 aliphatic rings. The van der Waals surface area contributed by atoms with Gasteiger partial charge in [0.25, 0.3) is 5.91 Å². The number of carbonyl (C=O) groups excluding carboxylic acids is 2. The average molecular weight is 545 g/mol. The first kappa shape index (κ1) is 26.9. The van der Waals surface area contributed by atoms with E-state index < -0.39 is 11.7 Å². The topological polar surface area (TPSA) is 149 Å². The number of hydrogen-bond acceptors (Lipinski definition) is 9. The zero-order valence-electron chi connectivity index (χ0n) is 22.9. The minimum Gasteiger partial charge on any atom is -0.444 e. The standard InChI is InChI=1S/C28H32N8O4/c1-17-20(6-5-7-21(17)29)23-33-24(25-30-16-22(36(25)34-23)32-27(38)40-28(2,3)4)31-19-10-8-18(9-11-19)26(37)35-12-14-39-15-13-35/h5-11,16H,12-15,29H2,1-4H3,(H,32,38)(H,31,33,34). The number of rotatable bonds is 5. The highest BCUT2D eigenvalue weighted by Gasteiger charge is 2.21. The first-order chi connectivity index (χ1) is 19.1. The summed E-state index contributed by atoms with van der Waals surface area (Å²) >= 11 is 0. The summed E-state index contributed by atoms with van der Waals surface area (Å²) < 4.78 is 12.2. The fraction of sp³-hybridized carbons (Fsp3) is 0.321. The Labute approximate surface area is 231 Å². The molecule has 12 heteroatoms. The minimum absolute atomic E-state index is 0.0372. The second-order valence-corrected chi connectivity index (χ2v) is 10.4. The lowest BCUT2D eigenvalue weighted by Gasteiger charge is -2.26. The fourth-order valence-corrected chi connectivity index (χ4v) is 4.25. The van der Waals surface area contributed by atoms with Crippen molar-refractivity contribution in [1.82, 2.24) is 24.5 Å². The maximum Gasteiger partial charge on any atom is 0.413 e. The number of morpholine rings is 1. The van der Waals surface area contributed by atoms with Gasteiger partial charge in [0.15, 0.2) is 23.1 Å². The number of nitrogens with zero attached hydrogens (tertiary/aromatic N) is 5. The number of amides is 2. The Kier molecular flexibility index (Phi) is 7.26. The van der Waals surface area contributed by atoms with Gasteiger partial charge in [-0.2, -0.15) is 4.52 Å². The summed E-state index contributed by atoms with van der Waals surface area (Å²) in [6, 6.07) is 12.7. The molecule has 0 saturated carbocycles. The molecule has 3 heterocycles. The largest absolute Gasteiger partial charge is 0.444 e. The molecule has 1 aliphatic heterocycles. The molecule has 5 rings (SSSR count). The molecule has 40 heavy (non-hydrogen) atoms. The molecule has 2 amide bonds. The predicted octanol–water partition coefficient (Wildman–Crippen LogP) is 4.24. The molecule has 0 unspecified atom stereocenters. The summed E-state index contributed by atoms with van der Waals surface area (Å²) in [5, 5.41) is 10.7. The number of anilines is 4. The molecule has 12 nitrogen and oxygen atoms in total. The van der Waals surface area contributed by atoms with E-state index in [0.29, 0.717) is 66.3 Å². The molecule has 4 aromatic rings. The lowest BCUT2D eigenvalue weighted by molar-refractivity contribution is 0.0303. The summed E-state index contributed by atoms with van der Waals surface area (Å²) in [7, 11) is 0. The molecule has 4 N–H and O–H groups in total. The Morgan fingerprint density at radius 3 is 2.50 bits per heavy atom. The number of benzene rings is 2. The van der Waals surface area contributed by atoms with Gasteiger partial charge in [0, 0.05) is 35.6 Å². The van der Waals surface area contributed by atoms with Crippen molar-refractivity contribution >= 4 is 40.7 Å². The van der Waals surface area contributed by atoms with Crippen LogP contribution in [0.5, 0.6) is 0 Å². The van der Waals surface area contributed by atoms with Crippen LogP contribution in [0, 0.1) is 6.92 Å². The number of hydrogen-bond donors (Lipinski definition) is 3. The molecule has 0 radical (unpaired) electrons. The van der Waals surface area contributed by atoms with Crippen molar-refractivity contribution in [3.63, 3.8) is 0 Å². The van der Waals surface area contributed by atoms with Gasteiger partial charge in [-0.05, 0) is 63.6 Å². The Balaban J connectivity index is 1.50. The number of ether oxygens (including phenoxy) is 2. The van der Waals surface area contributed by atoms with Gasteiger partial charge in [-0.15, -0.1) is 5.10 Å². The SMILES string of the molecule is Cc1c(N)cccc1-c1nc(Nc2ccc(C(=O)N3CCOCC3)cc2)c2ncc(NC(=O)OC(C)(C)C)n2n1. The van der Waals surface area contributed by atoms with Crippen LogP contribution in [0.4, 0.5) is 27.8 Å². The molecule has 2 aromatic heterocycles. The van der Waals surface area contributed by atoms with E-state index >= 15 is 0 Å². The molecule has 0 atom stereocenters. The molecular formula is C28H32N8O4. The van der Waals surface area contributed by atoms with E-state index in [1.165, 1.54) is 10.7 Å². The highest BCUT2D eigenvalue weighted by Crippen LogP contribution is 2.29. The van der Waals surface area contributed by atoms with Crippen molar-refractivity contribution in [2.75, 3.05) is 42.7 Å². The maximum atomic E-state index is 12.8. The van der Waals surface area contributed by atoms with Crippen LogP contribution < -0.4 is 16.4 Å². The van der Waals surface area contributed by atoms with Crippen LogP contribution in [-0.2, 0) is 9.47 Å². The molecule has 2 aromatic carbocycles. The van der Waals surface area contributed by atoms with Crippen molar-refractivity contribution in [3.05, 3.63) is 59.8 Å². The van der Waals surface area contributed by atoms with Gasteiger partial charge >= 0.3 is 6.09 Å². The van der Waals surface area contributed by atoms with Crippen molar-refractivity contribution < 1.29 is 19.1 Å². The number of imidazole rings is 1. The highest BCUT2D eigenvalue weighted by atomic mass is 16.6. The minimum atomic E-state index is -0.675. The number of fused-ring (bicyclic) bond motifs is 1. The van der Waals surface area contributed by atoms with E-state index in [1.54, 1.807) is 49.9 Å². The van der Waals surface area contributed by atoms with Crippen LogP contribution in [-0.4, -0.2) is 68.4 Å². The zero-order chi connectivity index (χ0) is 28.4. The lowest BCUT2D eigenvalue weighted by atomic mass is 10.1. The Morgan fingerprint density at radius 2 is 1.80 bits per heavy atom. The van der Waals surface area contributed by atoms with Crippen molar-refractivity contribution in [2.45, 2.75) is 33.3 Å². The van der Waals surface area contributed by atoms with Crippen LogP contribution in [0.15, 0.2) is 48.7 Å². The fourth-order valence-electron chi connectivity index (χ4n) is 4.25. The predicted molar refractivity (Wildman–Crippen MR) is 152 cm³/mol. The first-order valence-corrected chi connectivity index (χ1v) is 12.9. The van der Waals surface area contributed by atoms with Gasteiger partial charge in [-0.1, -0.05) is 12.1 Å². The van der Waals surface area contributed by atoms with Gasteiger partial charge in [-0.3, -0.25) is 10.1 Å². The molecule has 0 bridgehead atoms. The first-order valence-electron chi connectivity index (χ1n) is 12.9. The van der Waals surface area contributed by atoms with Gasteiger partial charge in [-0.25, -0.2) is 14.8 Å². The van der Waals surface area contributed by atoms with E-state index in [-0.39, 0.29) is 5.91 Å². The Bertz CT molecular complexity index is 1550. The van der Waals surface area contributed by atoms with Crippen molar-refractivity contribution in [1.29, 1.82) is 0 Å². The van der Waals surface area contributed by atoms with E-state index in [1.807, 2.05) is 25.1 Å². The number of nitrogens with two attached hydrogens (primary N) is 1. The summed E-state index contributed by atoms with van der Waals surface area (Å²) in [6.45, 7) is 9.47. The van der Waals surface area contributed by atoms with Crippen molar-refractivity contribution in [2.24, 2.45) is 0 Å². The van der Waals surface area contributed by atoms with Crippen LogP contribution in [0.3, 0.4) is 0 Å². The van der Waals surface area contributed by atoms with E-state index in [0.717, 1.165) is 11.1 Å². The average Bonchev–Trinajstić information content (AvgIpc) is 3.32. The second kappa shape index (κ2) is 10.8. The zero-order valence-corrected chi connectivity index (χ0v) is 22.9. The smallest absolute Gasteiger partial charge is 0.413 e. The second-order valence-electron chi connectivity index (χ2n) is 10.4. The van der Waals surface area contributed by atoms with E-state index in [4.69, 9.17) is 20.2 Å². The van der Waals surface area contributed by atoms with Crippen LogP contribution >= 0.6 is 0 Å². The molecule has 1 saturated heterocycles. The summed E-state index contributed by atoms with van der Waals surface area (Å²) in [6.07, 6.45) is 0.851. The number of aromatic nitrogens is 4. The van der Waals surface area contributed by atoms with E-state index in [2.05, 4.69) is 20.7 Å². The lowest BCUT2D eigenvalue weighted by Crippen LogP contribution is -2.40. The normalized spacial score (nSPS) is 13.8. The summed E-state index contributed by atoms with van der Waals surface area (Å²) in [5.41, 5.74) is 9.29. The third-order valence-corrected chi connectivity index (χ3v) is 6.30. The number of carbonyl (C=O) groups is 2. The summed E-state index contributed by atoms with van der Waals surface area (Å²) in [4.78, 5) is 36.3. The molecule has 0 aliphatic carbocycles. The van der Waals surface area contributed by atoms with E-state index in [9.17, 15) is 9.59 Å². The molecule has 1 fully saturated rings. The van der Waals surface area contributed by atoms with Gasteiger partial charge in [0.2, 0.25) is 0 Å². The van der Waals surface area contributed by atoms with Crippen LogP contribution in [0.2, 0.25) is 0 Å². The maximum absolute atomic E-state index is 12.8. The number of nitrogen functional groups attached to an aromatic ring is 1. The third kappa shape index (κ3) is 5.81. The van der Waals surface area contributed by atoms with Crippen LogP contribution in [0.25, 0.3) is 17.0 Å². The van der Waals surface area contributed by atoms with Gasteiger partial charge in [0.1, 0.15) is 5.60 Å². The third-order valence-electron chi connectivity index (χ3n) is 6.30. The van der Waals surface area contributed by atoms with Crippen molar-refractivity contribution in [3.8, 4) is 11.4 Å². The molecule has 208 valence electrons. The molecular weight excluding hydrogens is 512 g/mol.